The maximum Gasteiger partial charge on any atom is 0.342 e. The third-order valence-electron chi connectivity index (χ3n) is 6.36. The fourth-order valence-corrected chi connectivity index (χ4v) is 4.80. The molecule has 0 aliphatic carbocycles. The Kier molecular flexibility index (Phi) is 7.28. The normalized spacial score (nSPS) is 18.4. The molecule has 2 N–H and O–H groups in total. The molecule has 8 heteroatoms. The van der Waals surface area contributed by atoms with Gasteiger partial charge in [0.05, 0.1) is 30.6 Å². The third kappa shape index (κ3) is 5.28. The van der Waals surface area contributed by atoms with Crippen molar-refractivity contribution in [3.05, 3.63) is 41.7 Å². The summed E-state index contributed by atoms with van der Waals surface area (Å²) in [5.74, 6) is -0.439. The van der Waals surface area contributed by atoms with Crippen LogP contribution in [0.4, 0.5) is 4.79 Å². The molecular formula is C26H36N4O4. The fraction of sp³-hybridized carbons (Fsp3) is 0.538. The number of nitrogens with one attached hydrogen (secondary N) is 2. The van der Waals surface area contributed by atoms with Crippen LogP contribution in [0.5, 0.6) is 0 Å². The van der Waals surface area contributed by atoms with E-state index in [4.69, 9.17) is 9.47 Å². The molecule has 2 aliphatic rings. The van der Waals surface area contributed by atoms with Gasteiger partial charge in [-0.15, -0.1) is 0 Å². The van der Waals surface area contributed by atoms with Gasteiger partial charge in [0, 0.05) is 48.7 Å². The molecule has 4 rings (SSSR count). The first kappa shape index (κ1) is 24.3. The number of aromatic amines is 1. The van der Waals surface area contributed by atoms with Crippen molar-refractivity contribution >= 4 is 28.5 Å². The summed E-state index contributed by atoms with van der Waals surface area (Å²) in [5, 5.41) is 4.09. The minimum absolute atomic E-state index is 0.209. The average Bonchev–Trinajstić information content (AvgIpc) is 3.14. The lowest BCUT2D eigenvalue weighted by Gasteiger charge is -2.30. The minimum Gasteiger partial charge on any atom is -0.459 e. The molecule has 34 heavy (non-hydrogen) atoms. The first-order valence-corrected chi connectivity index (χ1v) is 12.1. The Morgan fingerprint density at radius 3 is 2.68 bits per heavy atom. The molecule has 2 aliphatic heterocycles. The number of H-pyrrole nitrogens is 1. The van der Waals surface area contributed by atoms with Gasteiger partial charge in [0.2, 0.25) is 0 Å². The second kappa shape index (κ2) is 10.2. The summed E-state index contributed by atoms with van der Waals surface area (Å²) in [5.41, 5.74) is 2.69. The summed E-state index contributed by atoms with van der Waals surface area (Å²) >= 11 is 0. The molecule has 0 spiro atoms. The summed E-state index contributed by atoms with van der Waals surface area (Å²) in [6, 6.07) is 7.81. The lowest BCUT2D eigenvalue weighted by Crippen LogP contribution is -2.43. The Morgan fingerprint density at radius 1 is 1.21 bits per heavy atom. The van der Waals surface area contributed by atoms with Gasteiger partial charge in [0.1, 0.15) is 0 Å². The molecule has 0 atom stereocenters. The highest BCUT2D eigenvalue weighted by molar-refractivity contribution is 6.18. The Balaban J connectivity index is 1.57. The summed E-state index contributed by atoms with van der Waals surface area (Å²) in [4.78, 5) is 33.7. The van der Waals surface area contributed by atoms with Gasteiger partial charge in [-0.3, -0.25) is 9.80 Å². The van der Waals surface area contributed by atoms with Gasteiger partial charge in [-0.2, -0.15) is 0 Å². The van der Waals surface area contributed by atoms with Crippen molar-refractivity contribution in [1.29, 1.82) is 0 Å². The van der Waals surface area contributed by atoms with Crippen LogP contribution in [0.1, 0.15) is 45.4 Å². The van der Waals surface area contributed by atoms with Crippen LogP contribution in [0.15, 0.2) is 30.5 Å². The van der Waals surface area contributed by atoms with Gasteiger partial charge in [0.25, 0.3) is 0 Å². The lowest BCUT2D eigenvalue weighted by molar-refractivity contribution is -0.140. The Hall–Kier alpha value is -2.84. The number of benzene rings is 1. The van der Waals surface area contributed by atoms with Crippen molar-refractivity contribution in [2.45, 2.75) is 45.6 Å². The third-order valence-corrected chi connectivity index (χ3v) is 6.36. The first-order valence-electron chi connectivity index (χ1n) is 12.1. The average molecular weight is 469 g/mol. The van der Waals surface area contributed by atoms with Crippen molar-refractivity contribution < 1.29 is 19.1 Å². The number of morpholine rings is 1. The topological polar surface area (TPSA) is 86.9 Å². The van der Waals surface area contributed by atoms with E-state index >= 15 is 0 Å². The van der Waals surface area contributed by atoms with Crippen LogP contribution < -0.4 is 5.32 Å². The summed E-state index contributed by atoms with van der Waals surface area (Å²) in [7, 11) is 0. The number of urea groups is 1. The molecule has 0 radical (unpaired) electrons. The van der Waals surface area contributed by atoms with Crippen LogP contribution in [0.3, 0.4) is 0 Å². The number of aromatic nitrogens is 1. The number of amides is 2. The SMILES string of the molecule is CC(C)OC(=O)C1=CN(C(=O)NCCCN2CCOCC2)CC(C)(C)c2c1[nH]c1ccccc21. The zero-order valence-corrected chi connectivity index (χ0v) is 20.6. The number of para-hydroxylation sites is 1. The van der Waals surface area contributed by atoms with Crippen molar-refractivity contribution in [1.82, 2.24) is 20.1 Å². The van der Waals surface area contributed by atoms with Gasteiger partial charge in [-0.05, 0) is 38.4 Å². The molecule has 2 amide bonds. The van der Waals surface area contributed by atoms with Gasteiger partial charge >= 0.3 is 12.0 Å². The Labute approximate surface area is 201 Å². The Morgan fingerprint density at radius 2 is 1.94 bits per heavy atom. The van der Waals surface area contributed by atoms with Crippen molar-refractivity contribution in [3.63, 3.8) is 0 Å². The number of ether oxygens (including phenoxy) is 2. The van der Waals surface area contributed by atoms with E-state index in [1.54, 1.807) is 11.1 Å². The second-order valence-electron chi connectivity index (χ2n) is 9.97. The maximum absolute atomic E-state index is 13.2. The molecule has 8 nitrogen and oxygen atoms in total. The van der Waals surface area contributed by atoms with E-state index in [0.717, 1.165) is 61.4 Å². The van der Waals surface area contributed by atoms with Gasteiger partial charge in [-0.25, -0.2) is 9.59 Å². The first-order chi connectivity index (χ1) is 16.3. The van der Waals surface area contributed by atoms with E-state index < -0.39 is 11.4 Å². The van der Waals surface area contributed by atoms with E-state index in [1.807, 2.05) is 32.0 Å². The standard InChI is InChI=1S/C26H36N4O4/c1-18(2)34-24(31)20-16-30(25(32)27-10-7-11-29-12-14-33-15-13-29)17-26(3,4)22-19-8-5-6-9-21(19)28-23(20)22/h5-6,8-9,16,18,28H,7,10-15,17H2,1-4H3,(H,27,32). The largest absolute Gasteiger partial charge is 0.459 e. The molecule has 1 aromatic carbocycles. The van der Waals surface area contributed by atoms with Crippen LogP contribution >= 0.6 is 0 Å². The Bertz CT molecular complexity index is 1070. The highest BCUT2D eigenvalue weighted by Crippen LogP contribution is 2.40. The van der Waals surface area contributed by atoms with Crippen LogP contribution in [0.25, 0.3) is 16.5 Å². The van der Waals surface area contributed by atoms with E-state index in [1.165, 1.54) is 0 Å². The smallest absolute Gasteiger partial charge is 0.342 e. The number of nitrogens with zero attached hydrogens (tertiary/aromatic N) is 2. The van der Waals surface area contributed by atoms with Gasteiger partial charge in [0.15, 0.2) is 0 Å². The lowest BCUT2D eigenvalue weighted by atomic mass is 9.82. The van der Waals surface area contributed by atoms with Crippen LogP contribution in [0, 0.1) is 0 Å². The van der Waals surface area contributed by atoms with Crippen molar-refractivity contribution in [2.75, 3.05) is 45.9 Å². The summed E-state index contributed by atoms with van der Waals surface area (Å²) in [6.07, 6.45) is 2.24. The number of esters is 1. The van der Waals surface area contributed by atoms with Crippen LogP contribution in [0.2, 0.25) is 0 Å². The summed E-state index contributed by atoms with van der Waals surface area (Å²) in [6.45, 7) is 13.2. The number of rotatable bonds is 6. The van der Waals surface area contributed by atoms with E-state index in [0.29, 0.717) is 18.7 Å². The number of carbonyl (C=O) groups is 2. The molecule has 0 bridgehead atoms. The fourth-order valence-electron chi connectivity index (χ4n) is 4.80. The van der Waals surface area contributed by atoms with Crippen LogP contribution in [-0.2, 0) is 19.7 Å². The molecule has 1 saturated heterocycles. The van der Waals surface area contributed by atoms with E-state index in [9.17, 15) is 9.59 Å². The van der Waals surface area contributed by atoms with Gasteiger partial charge in [-0.1, -0.05) is 32.0 Å². The number of hydrogen-bond donors (Lipinski definition) is 2. The van der Waals surface area contributed by atoms with Crippen molar-refractivity contribution in [3.8, 4) is 0 Å². The number of hydrogen-bond acceptors (Lipinski definition) is 5. The monoisotopic (exact) mass is 468 g/mol. The highest BCUT2D eigenvalue weighted by atomic mass is 16.5. The summed E-state index contributed by atoms with van der Waals surface area (Å²) < 4.78 is 10.9. The molecule has 1 fully saturated rings. The van der Waals surface area contributed by atoms with E-state index in [2.05, 4.69) is 35.1 Å². The minimum atomic E-state index is -0.439. The molecular weight excluding hydrogens is 432 g/mol. The second-order valence-corrected chi connectivity index (χ2v) is 9.97. The maximum atomic E-state index is 13.2. The number of fused-ring (bicyclic) bond motifs is 3. The zero-order chi connectivity index (χ0) is 24.3. The molecule has 0 saturated carbocycles. The molecule has 184 valence electrons. The van der Waals surface area contributed by atoms with Gasteiger partial charge < -0.3 is 19.8 Å². The molecule has 0 unspecified atom stereocenters. The molecule has 1 aromatic heterocycles. The van der Waals surface area contributed by atoms with Crippen LogP contribution in [-0.4, -0.2) is 78.8 Å². The van der Waals surface area contributed by atoms with E-state index in [-0.39, 0.29) is 12.1 Å². The highest BCUT2D eigenvalue weighted by Gasteiger charge is 2.37. The zero-order valence-electron chi connectivity index (χ0n) is 20.6. The number of carbonyl (C=O) groups excluding carboxylic acids is 2. The predicted octanol–water partition coefficient (Wildman–Crippen LogP) is 3.49. The van der Waals surface area contributed by atoms with Crippen molar-refractivity contribution in [2.24, 2.45) is 0 Å². The predicted molar refractivity (Wildman–Crippen MR) is 133 cm³/mol. The molecule has 2 aromatic rings. The molecule has 3 heterocycles. The quantitative estimate of drug-likeness (QED) is 0.501.